The van der Waals surface area contributed by atoms with Crippen LogP contribution in [0.5, 0.6) is 5.75 Å². The molecule has 0 bridgehead atoms. The topological polar surface area (TPSA) is 60.9 Å². The van der Waals surface area contributed by atoms with Gasteiger partial charge in [0.25, 0.3) is 0 Å². The van der Waals surface area contributed by atoms with Gasteiger partial charge >= 0.3 is 0 Å². The molecule has 3 rings (SSSR count). The first-order valence-electron chi connectivity index (χ1n) is 6.42. The van der Waals surface area contributed by atoms with Crippen molar-refractivity contribution in [2.24, 2.45) is 0 Å². The number of rotatable bonds is 4. The van der Waals surface area contributed by atoms with E-state index in [1.54, 1.807) is 24.7 Å². The number of hydrogen-bond donors (Lipinski definition) is 3. The molecule has 0 saturated heterocycles. The molecule has 100 valence electrons. The molecule has 20 heavy (non-hydrogen) atoms. The van der Waals surface area contributed by atoms with Gasteiger partial charge in [-0.2, -0.15) is 0 Å². The highest BCUT2D eigenvalue weighted by molar-refractivity contribution is 5.61. The standard InChI is InChI=1S/C16H15N3O/c20-15-3-1-2-12(8-15)9-18-14-6-4-13(5-7-14)16-10-17-11-19-16/h1-8,10-11,18,20H,9H2,(H,17,19). The van der Waals surface area contributed by atoms with E-state index in [0.717, 1.165) is 22.5 Å². The van der Waals surface area contributed by atoms with E-state index in [9.17, 15) is 5.11 Å². The van der Waals surface area contributed by atoms with Crippen molar-refractivity contribution in [3.05, 3.63) is 66.6 Å². The third-order valence-electron chi connectivity index (χ3n) is 3.10. The Morgan fingerprint density at radius 3 is 2.65 bits per heavy atom. The van der Waals surface area contributed by atoms with Gasteiger partial charge in [-0.25, -0.2) is 4.98 Å². The molecule has 4 heteroatoms. The van der Waals surface area contributed by atoms with E-state index in [0.29, 0.717) is 12.3 Å². The van der Waals surface area contributed by atoms with Crippen LogP contribution in [0.2, 0.25) is 0 Å². The van der Waals surface area contributed by atoms with Gasteiger partial charge in [0.1, 0.15) is 5.75 Å². The lowest BCUT2D eigenvalue weighted by molar-refractivity contribution is 0.474. The van der Waals surface area contributed by atoms with Crippen molar-refractivity contribution in [1.29, 1.82) is 0 Å². The summed E-state index contributed by atoms with van der Waals surface area (Å²) >= 11 is 0. The first-order valence-corrected chi connectivity index (χ1v) is 6.42. The molecule has 3 aromatic rings. The highest BCUT2D eigenvalue weighted by Crippen LogP contribution is 2.19. The van der Waals surface area contributed by atoms with E-state index in [1.807, 2.05) is 36.4 Å². The van der Waals surface area contributed by atoms with Crippen LogP contribution in [0, 0.1) is 0 Å². The van der Waals surface area contributed by atoms with Crippen LogP contribution in [0.1, 0.15) is 5.56 Å². The number of aromatic nitrogens is 2. The zero-order valence-electron chi connectivity index (χ0n) is 10.9. The predicted molar refractivity (Wildman–Crippen MR) is 79.5 cm³/mol. The number of anilines is 1. The van der Waals surface area contributed by atoms with Gasteiger partial charge in [0.2, 0.25) is 0 Å². The van der Waals surface area contributed by atoms with Crippen LogP contribution in [-0.4, -0.2) is 15.1 Å². The largest absolute Gasteiger partial charge is 0.508 e. The minimum atomic E-state index is 0.291. The Balaban J connectivity index is 1.67. The van der Waals surface area contributed by atoms with Crippen LogP contribution in [0.3, 0.4) is 0 Å². The van der Waals surface area contributed by atoms with Gasteiger partial charge in [-0.05, 0) is 35.4 Å². The quantitative estimate of drug-likeness (QED) is 0.677. The monoisotopic (exact) mass is 265 g/mol. The summed E-state index contributed by atoms with van der Waals surface area (Å²) in [5, 5.41) is 12.7. The molecule has 0 atom stereocenters. The second-order valence-corrected chi connectivity index (χ2v) is 4.57. The molecule has 0 amide bonds. The second-order valence-electron chi connectivity index (χ2n) is 4.57. The molecule has 1 aromatic heterocycles. The number of imidazole rings is 1. The Bertz CT molecular complexity index is 675. The summed E-state index contributed by atoms with van der Waals surface area (Å²) in [6.07, 6.45) is 3.47. The van der Waals surface area contributed by atoms with Crippen molar-refractivity contribution < 1.29 is 5.11 Å². The summed E-state index contributed by atoms with van der Waals surface area (Å²) in [6.45, 7) is 0.678. The van der Waals surface area contributed by atoms with Crippen LogP contribution in [0.4, 0.5) is 5.69 Å². The van der Waals surface area contributed by atoms with Gasteiger partial charge in [0, 0.05) is 12.2 Å². The Hall–Kier alpha value is -2.75. The minimum Gasteiger partial charge on any atom is -0.508 e. The van der Waals surface area contributed by atoms with Crippen molar-refractivity contribution in [2.45, 2.75) is 6.54 Å². The third kappa shape index (κ3) is 2.80. The molecule has 0 unspecified atom stereocenters. The SMILES string of the molecule is Oc1cccc(CNc2ccc(-c3cnc[nH]3)cc2)c1. The summed E-state index contributed by atoms with van der Waals surface area (Å²) in [6, 6.07) is 15.4. The van der Waals surface area contributed by atoms with Crippen LogP contribution in [0.25, 0.3) is 11.3 Å². The Morgan fingerprint density at radius 2 is 1.95 bits per heavy atom. The summed E-state index contributed by atoms with van der Waals surface area (Å²) in [7, 11) is 0. The Morgan fingerprint density at radius 1 is 1.10 bits per heavy atom. The molecule has 0 radical (unpaired) electrons. The zero-order chi connectivity index (χ0) is 13.8. The van der Waals surface area contributed by atoms with Crippen LogP contribution in [0.15, 0.2) is 61.1 Å². The van der Waals surface area contributed by atoms with Gasteiger partial charge in [-0.3, -0.25) is 0 Å². The maximum absolute atomic E-state index is 9.42. The molecule has 0 fully saturated rings. The molecule has 4 nitrogen and oxygen atoms in total. The maximum Gasteiger partial charge on any atom is 0.115 e. The summed E-state index contributed by atoms with van der Waals surface area (Å²) in [5.41, 5.74) is 4.19. The molecule has 0 spiro atoms. The number of aromatic amines is 1. The van der Waals surface area contributed by atoms with E-state index >= 15 is 0 Å². The first kappa shape index (κ1) is 12.3. The highest BCUT2D eigenvalue weighted by atomic mass is 16.3. The fourth-order valence-electron chi connectivity index (χ4n) is 2.05. The van der Waals surface area contributed by atoms with Crippen molar-refractivity contribution in [1.82, 2.24) is 9.97 Å². The van der Waals surface area contributed by atoms with Crippen LogP contribution < -0.4 is 5.32 Å². The van der Waals surface area contributed by atoms with Gasteiger partial charge < -0.3 is 15.4 Å². The third-order valence-corrected chi connectivity index (χ3v) is 3.10. The smallest absolute Gasteiger partial charge is 0.115 e. The van der Waals surface area contributed by atoms with Gasteiger partial charge in [-0.1, -0.05) is 24.3 Å². The summed E-state index contributed by atoms with van der Waals surface area (Å²) in [5.74, 6) is 0.291. The van der Waals surface area contributed by atoms with Crippen molar-refractivity contribution in [3.63, 3.8) is 0 Å². The minimum absolute atomic E-state index is 0.291. The maximum atomic E-state index is 9.42. The van der Waals surface area contributed by atoms with Crippen LogP contribution >= 0.6 is 0 Å². The van der Waals surface area contributed by atoms with E-state index < -0.39 is 0 Å². The highest BCUT2D eigenvalue weighted by Gasteiger charge is 1.99. The molecule has 1 heterocycles. The number of hydrogen-bond acceptors (Lipinski definition) is 3. The molecular weight excluding hydrogens is 250 g/mol. The fraction of sp³-hybridized carbons (Fsp3) is 0.0625. The zero-order valence-corrected chi connectivity index (χ0v) is 10.9. The molecule has 0 saturated carbocycles. The lowest BCUT2D eigenvalue weighted by atomic mass is 10.1. The lowest BCUT2D eigenvalue weighted by Gasteiger charge is -2.07. The van der Waals surface area contributed by atoms with Crippen molar-refractivity contribution in [3.8, 4) is 17.0 Å². The average molecular weight is 265 g/mol. The molecule has 0 aliphatic heterocycles. The van der Waals surface area contributed by atoms with E-state index in [1.165, 1.54) is 0 Å². The van der Waals surface area contributed by atoms with Gasteiger partial charge in [-0.15, -0.1) is 0 Å². The number of nitrogens with one attached hydrogen (secondary N) is 2. The molecule has 0 aliphatic carbocycles. The predicted octanol–water partition coefficient (Wildman–Crippen LogP) is 3.39. The fourth-order valence-corrected chi connectivity index (χ4v) is 2.05. The molecular formula is C16H15N3O. The number of nitrogens with zero attached hydrogens (tertiary/aromatic N) is 1. The van der Waals surface area contributed by atoms with Crippen LogP contribution in [-0.2, 0) is 6.54 Å². The Labute approximate surface area is 117 Å². The molecule has 0 aliphatic rings. The Kier molecular flexibility index (Phi) is 3.37. The molecule has 3 N–H and O–H groups in total. The van der Waals surface area contributed by atoms with E-state index in [4.69, 9.17) is 0 Å². The van der Waals surface area contributed by atoms with Crippen molar-refractivity contribution >= 4 is 5.69 Å². The number of phenols is 1. The number of H-pyrrole nitrogens is 1. The van der Waals surface area contributed by atoms with Crippen molar-refractivity contribution in [2.75, 3.05) is 5.32 Å². The summed E-state index contributed by atoms with van der Waals surface area (Å²) in [4.78, 5) is 7.09. The van der Waals surface area contributed by atoms with E-state index in [2.05, 4.69) is 15.3 Å². The number of phenolic OH excluding ortho intramolecular Hbond substituents is 1. The molecule has 2 aromatic carbocycles. The lowest BCUT2D eigenvalue weighted by Crippen LogP contribution is -1.98. The van der Waals surface area contributed by atoms with Gasteiger partial charge in [0.15, 0.2) is 0 Å². The number of aromatic hydroxyl groups is 1. The number of benzene rings is 2. The first-order chi connectivity index (χ1) is 9.81. The average Bonchev–Trinajstić information content (AvgIpc) is 3.00. The van der Waals surface area contributed by atoms with Gasteiger partial charge in [0.05, 0.1) is 18.2 Å². The second kappa shape index (κ2) is 5.48. The van der Waals surface area contributed by atoms with E-state index in [-0.39, 0.29) is 0 Å². The normalized spacial score (nSPS) is 10.4. The summed E-state index contributed by atoms with van der Waals surface area (Å²) < 4.78 is 0.